The summed E-state index contributed by atoms with van der Waals surface area (Å²) >= 11 is 11.6. The molecule has 1 amide bonds. The number of benzene rings is 1. The molecule has 0 saturated carbocycles. The summed E-state index contributed by atoms with van der Waals surface area (Å²) in [6, 6.07) is 7.06. The van der Waals surface area contributed by atoms with Crippen LogP contribution in [0.15, 0.2) is 29.4 Å². The number of rotatable bonds is 5. The van der Waals surface area contributed by atoms with E-state index in [1.807, 2.05) is 0 Å². The number of alkyl halides is 1. The lowest BCUT2D eigenvalue weighted by molar-refractivity contribution is -0.176. The molecule has 0 fully saturated rings. The van der Waals surface area contributed by atoms with Gasteiger partial charge in [0.25, 0.3) is 5.56 Å². The highest BCUT2D eigenvalue weighted by Gasteiger charge is 2.21. The van der Waals surface area contributed by atoms with Gasteiger partial charge in [0, 0.05) is 17.6 Å². The second-order valence-electron chi connectivity index (χ2n) is 3.20. The number of carbonyl (C=O) groups is 1. The predicted molar refractivity (Wildman–Crippen MR) is 69.6 cm³/mol. The minimum Gasteiger partial charge on any atom is -0.366 e. The maximum absolute atomic E-state index is 11.4. The Kier molecular flexibility index (Phi) is 5.91. The molecule has 7 heteroatoms. The molecule has 1 aromatic carbocycles. The lowest BCUT2D eigenvalue weighted by Gasteiger charge is -2.15. The van der Waals surface area contributed by atoms with Crippen LogP contribution >= 0.6 is 23.2 Å². The molecule has 1 unspecified atom stereocenters. The third kappa shape index (κ3) is 4.18. The molecule has 0 saturated heterocycles. The van der Waals surface area contributed by atoms with Gasteiger partial charge in [0.05, 0.1) is 13.3 Å². The van der Waals surface area contributed by atoms with Crippen LogP contribution in [0.2, 0.25) is 5.02 Å². The lowest BCUT2D eigenvalue weighted by Crippen LogP contribution is -2.33. The number of hydrogen-bond donors (Lipinski definition) is 0. The Hall–Kier alpha value is -1.30. The van der Waals surface area contributed by atoms with Gasteiger partial charge < -0.3 is 4.84 Å². The Bertz CT molecular complexity index is 440. The SMILES string of the molecule is CON(C)C(=O)C(Cl)ON=Cc1ccccc1Cl. The first kappa shape index (κ1) is 14.8. The first-order valence-electron chi connectivity index (χ1n) is 4.95. The molecule has 0 aliphatic heterocycles. The van der Waals surface area contributed by atoms with Crippen LogP contribution in [-0.4, -0.2) is 36.9 Å². The number of amides is 1. The highest BCUT2D eigenvalue weighted by molar-refractivity contribution is 6.33. The van der Waals surface area contributed by atoms with E-state index in [0.717, 1.165) is 5.06 Å². The molecule has 18 heavy (non-hydrogen) atoms. The number of halogens is 2. The first-order valence-corrected chi connectivity index (χ1v) is 5.77. The largest absolute Gasteiger partial charge is 0.366 e. The van der Waals surface area contributed by atoms with Gasteiger partial charge in [-0.25, -0.2) is 5.06 Å². The molecule has 1 aromatic rings. The summed E-state index contributed by atoms with van der Waals surface area (Å²) in [5.74, 6) is -0.560. The Labute approximate surface area is 115 Å². The normalized spacial score (nSPS) is 12.4. The van der Waals surface area contributed by atoms with Crippen molar-refractivity contribution in [2.24, 2.45) is 5.16 Å². The molecule has 0 spiro atoms. The summed E-state index contributed by atoms with van der Waals surface area (Å²) in [4.78, 5) is 20.9. The van der Waals surface area contributed by atoms with Crippen LogP contribution in [0.3, 0.4) is 0 Å². The zero-order valence-corrected chi connectivity index (χ0v) is 11.4. The van der Waals surface area contributed by atoms with Gasteiger partial charge in [0.2, 0.25) is 0 Å². The van der Waals surface area contributed by atoms with Crippen molar-refractivity contribution in [1.29, 1.82) is 0 Å². The van der Waals surface area contributed by atoms with Crippen molar-refractivity contribution in [3.8, 4) is 0 Å². The highest BCUT2D eigenvalue weighted by Crippen LogP contribution is 2.12. The van der Waals surface area contributed by atoms with Crippen LogP contribution in [-0.2, 0) is 14.5 Å². The average molecular weight is 291 g/mol. The maximum atomic E-state index is 11.4. The van der Waals surface area contributed by atoms with Gasteiger partial charge in [-0.1, -0.05) is 46.6 Å². The molecule has 0 radical (unpaired) electrons. The maximum Gasteiger partial charge on any atom is 0.305 e. The molecule has 0 bridgehead atoms. The van der Waals surface area contributed by atoms with Gasteiger partial charge in [-0.15, -0.1) is 0 Å². The van der Waals surface area contributed by atoms with Crippen molar-refractivity contribution in [1.82, 2.24) is 5.06 Å². The van der Waals surface area contributed by atoms with Crippen LogP contribution in [0.4, 0.5) is 0 Å². The number of carbonyl (C=O) groups excluding carboxylic acids is 1. The van der Waals surface area contributed by atoms with Crippen molar-refractivity contribution in [3.05, 3.63) is 34.9 Å². The molecule has 5 nitrogen and oxygen atoms in total. The lowest BCUT2D eigenvalue weighted by atomic mass is 10.2. The van der Waals surface area contributed by atoms with Crippen molar-refractivity contribution >= 4 is 35.3 Å². The summed E-state index contributed by atoms with van der Waals surface area (Å²) in [5, 5.41) is 5.07. The summed E-state index contributed by atoms with van der Waals surface area (Å²) in [6.07, 6.45) is 1.37. The summed E-state index contributed by atoms with van der Waals surface area (Å²) in [6.45, 7) is 0. The number of nitrogens with zero attached hydrogens (tertiary/aromatic N) is 2. The molecule has 0 aromatic heterocycles. The molecule has 98 valence electrons. The van der Waals surface area contributed by atoms with Gasteiger partial charge in [-0.05, 0) is 6.07 Å². The molecule has 1 rings (SSSR count). The van der Waals surface area contributed by atoms with Gasteiger partial charge >= 0.3 is 5.91 Å². The summed E-state index contributed by atoms with van der Waals surface area (Å²) in [7, 11) is 2.76. The fourth-order valence-corrected chi connectivity index (χ4v) is 1.37. The Morgan fingerprint density at radius 2 is 2.17 bits per heavy atom. The Balaban J connectivity index is 2.55. The van der Waals surface area contributed by atoms with Gasteiger partial charge in [0.15, 0.2) is 0 Å². The zero-order chi connectivity index (χ0) is 13.5. The zero-order valence-electron chi connectivity index (χ0n) is 9.84. The fourth-order valence-electron chi connectivity index (χ4n) is 0.998. The number of hydroxylamine groups is 2. The molecule has 1 atom stereocenters. The second kappa shape index (κ2) is 7.20. The van der Waals surface area contributed by atoms with Crippen molar-refractivity contribution in [2.75, 3.05) is 14.2 Å². The predicted octanol–water partition coefficient (Wildman–Crippen LogP) is 2.28. The van der Waals surface area contributed by atoms with E-state index in [4.69, 9.17) is 28.0 Å². The first-order chi connectivity index (χ1) is 8.56. The molecule has 0 aliphatic rings. The molecule has 0 aliphatic carbocycles. The minimum atomic E-state index is -1.26. The third-order valence-electron chi connectivity index (χ3n) is 2.03. The summed E-state index contributed by atoms with van der Waals surface area (Å²) < 4.78 is 0. The molecule has 0 heterocycles. The fraction of sp³-hybridized carbons (Fsp3) is 0.273. The van der Waals surface area contributed by atoms with Crippen LogP contribution in [0.1, 0.15) is 5.56 Å². The average Bonchev–Trinajstić information content (AvgIpc) is 2.39. The van der Waals surface area contributed by atoms with E-state index in [1.165, 1.54) is 20.4 Å². The quantitative estimate of drug-likeness (QED) is 0.475. The smallest absolute Gasteiger partial charge is 0.305 e. The van der Waals surface area contributed by atoms with Gasteiger partial charge in [0.1, 0.15) is 0 Å². The number of hydrogen-bond acceptors (Lipinski definition) is 4. The molecular formula is C11H12Cl2N2O3. The number of likely N-dealkylation sites (N-methyl/N-ethyl adjacent to an activating group) is 1. The minimum absolute atomic E-state index is 0.524. The van der Waals surface area contributed by atoms with Crippen molar-refractivity contribution in [2.45, 2.75) is 5.56 Å². The van der Waals surface area contributed by atoms with Gasteiger partial charge in [-0.2, -0.15) is 0 Å². The van der Waals surface area contributed by atoms with Crippen LogP contribution in [0.25, 0.3) is 0 Å². The number of oxime groups is 1. The van der Waals surface area contributed by atoms with E-state index in [1.54, 1.807) is 24.3 Å². The standard InChI is InChI=1S/C11H12Cl2N2O3/c1-15(17-2)11(16)10(13)18-14-7-8-5-3-4-6-9(8)12/h3-7,10H,1-2H3. The van der Waals surface area contributed by atoms with E-state index < -0.39 is 11.5 Å². The molecular weight excluding hydrogens is 279 g/mol. The third-order valence-corrected chi connectivity index (χ3v) is 2.64. The van der Waals surface area contributed by atoms with E-state index in [0.29, 0.717) is 10.6 Å². The Morgan fingerprint density at radius 1 is 1.50 bits per heavy atom. The van der Waals surface area contributed by atoms with Crippen LogP contribution < -0.4 is 0 Å². The van der Waals surface area contributed by atoms with Gasteiger partial charge in [-0.3, -0.25) is 9.63 Å². The van der Waals surface area contributed by atoms with Crippen LogP contribution in [0, 0.1) is 0 Å². The van der Waals surface area contributed by atoms with Crippen molar-refractivity contribution < 1.29 is 14.5 Å². The summed E-state index contributed by atoms with van der Waals surface area (Å²) in [5.41, 5.74) is -0.593. The van der Waals surface area contributed by atoms with E-state index in [9.17, 15) is 4.79 Å². The van der Waals surface area contributed by atoms with E-state index >= 15 is 0 Å². The highest BCUT2D eigenvalue weighted by atomic mass is 35.5. The second-order valence-corrected chi connectivity index (χ2v) is 4.00. The van der Waals surface area contributed by atoms with E-state index in [-0.39, 0.29) is 0 Å². The topological polar surface area (TPSA) is 51.1 Å². The Morgan fingerprint density at radius 3 is 2.78 bits per heavy atom. The molecule has 0 N–H and O–H groups in total. The van der Waals surface area contributed by atoms with Crippen LogP contribution in [0.5, 0.6) is 0 Å². The van der Waals surface area contributed by atoms with Crippen molar-refractivity contribution in [3.63, 3.8) is 0 Å². The van der Waals surface area contributed by atoms with E-state index in [2.05, 4.69) is 9.99 Å². The monoisotopic (exact) mass is 290 g/mol.